The Bertz CT molecular complexity index is 380. The second-order valence-corrected chi connectivity index (χ2v) is 4.03. The molecule has 0 aromatic carbocycles. The molecule has 0 amide bonds. The number of alkyl halides is 3. The third-order valence-electron chi connectivity index (χ3n) is 2.31. The number of aromatic nitrogens is 1. The predicted molar refractivity (Wildman–Crippen MR) is 62.5 cm³/mol. The third kappa shape index (κ3) is 5.35. The van der Waals surface area contributed by atoms with Crippen LogP contribution in [-0.2, 0) is 6.54 Å². The summed E-state index contributed by atoms with van der Waals surface area (Å²) < 4.78 is 41.3. The summed E-state index contributed by atoms with van der Waals surface area (Å²) in [7, 11) is 1.79. The van der Waals surface area contributed by atoms with Crippen molar-refractivity contribution < 1.29 is 17.9 Å². The van der Waals surface area contributed by atoms with Crippen LogP contribution in [0.25, 0.3) is 0 Å². The first-order valence-electron chi connectivity index (χ1n) is 5.72. The Kier molecular flexibility index (Phi) is 5.40. The second kappa shape index (κ2) is 6.58. The number of ether oxygens (including phenoxy) is 1. The Hall–Kier alpha value is -1.30. The monoisotopic (exact) mass is 262 g/mol. The van der Waals surface area contributed by atoms with E-state index in [1.54, 1.807) is 19.3 Å². The van der Waals surface area contributed by atoms with Crippen LogP contribution in [0, 0.1) is 6.92 Å². The van der Waals surface area contributed by atoms with E-state index in [1.165, 1.54) is 0 Å². The van der Waals surface area contributed by atoms with Gasteiger partial charge in [0.05, 0.1) is 6.61 Å². The summed E-state index contributed by atoms with van der Waals surface area (Å²) in [5, 5.41) is 2.96. The first-order valence-corrected chi connectivity index (χ1v) is 5.72. The maximum atomic E-state index is 12.0. The highest BCUT2D eigenvalue weighted by molar-refractivity contribution is 5.32. The minimum absolute atomic E-state index is 0.0378. The molecule has 18 heavy (non-hydrogen) atoms. The quantitative estimate of drug-likeness (QED) is 0.800. The maximum absolute atomic E-state index is 12.0. The fourth-order valence-electron chi connectivity index (χ4n) is 1.48. The van der Waals surface area contributed by atoms with E-state index in [-0.39, 0.29) is 13.0 Å². The summed E-state index contributed by atoms with van der Waals surface area (Å²) in [6.45, 7) is 2.44. The van der Waals surface area contributed by atoms with Gasteiger partial charge in [0.2, 0.25) is 0 Å². The van der Waals surface area contributed by atoms with Gasteiger partial charge in [-0.25, -0.2) is 0 Å². The first kappa shape index (κ1) is 14.8. The average molecular weight is 262 g/mol. The second-order valence-electron chi connectivity index (χ2n) is 4.03. The van der Waals surface area contributed by atoms with Gasteiger partial charge in [0.1, 0.15) is 5.75 Å². The van der Waals surface area contributed by atoms with Gasteiger partial charge in [-0.3, -0.25) is 4.98 Å². The molecule has 0 aliphatic rings. The van der Waals surface area contributed by atoms with Gasteiger partial charge < -0.3 is 10.1 Å². The molecule has 0 unspecified atom stereocenters. The number of nitrogens with one attached hydrogen (secondary N) is 1. The molecule has 0 saturated heterocycles. The molecule has 3 nitrogen and oxygen atoms in total. The summed E-state index contributed by atoms with van der Waals surface area (Å²) in [5.41, 5.74) is 1.62. The molecular weight excluding hydrogens is 245 g/mol. The zero-order valence-corrected chi connectivity index (χ0v) is 10.5. The Labute approximate surface area is 104 Å². The van der Waals surface area contributed by atoms with Crippen LogP contribution in [0.15, 0.2) is 12.3 Å². The van der Waals surface area contributed by atoms with Crippen LogP contribution in [-0.4, -0.2) is 24.8 Å². The Balaban J connectivity index is 2.52. The molecule has 6 heteroatoms. The van der Waals surface area contributed by atoms with E-state index in [1.807, 2.05) is 6.92 Å². The van der Waals surface area contributed by atoms with Crippen molar-refractivity contribution in [3.05, 3.63) is 23.5 Å². The summed E-state index contributed by atoms with van der Waals surface area (Å²) in [6, 6.07) is 1.74. The largest absolute Gasteiger partial charge is 0.493 e. The topological polar surface area (TPSA) is 34.2 Å². The van der Waals surface area contributed by atoms with E-state index in [0.29, 0.717) is 12.3 Å². The summed E-state index contributed by atoms with van der Waals surface area (Å²) in [6.07, 6.45) is -3.31. The van der Waals surface area contributed by atoms with Gasteiger partial charge in [0.25, 0.3) is 0 Å². The standard InChI is InChI=1S/C12H17F3N2O/c1-9-6-11(10(7-16-2)8-17-9)18-5-3-4-12(13,14)15/h6,8,16H,3-5,7H2,1-2H3. The molecule has 0 aliphatic carbocycles. The molecule has 0 fully saturated rings. The number of hydrogen-bond acceptors (Lipinski definition) is 3. The van der Waals surface area contributed by atoms with Crippen LogP contribution in [0.4, 0.5) is 13.2 Å². The molecule has 1 N–H and O–H groups in total. The van der Waals surface area contributed by atoms with E-state index in [2.05, 4.69) is 10.3 Å². The van der Waals surface area contributed by atoms with E-state index >= 15 is 0 Å². The van der Waals surface area contributed by atoms with E-state index in [9.17, 15) is 13.2 Å². The minimum atomic E-state index is -4.12. The zero-order chi connectivity index (χ0) is 13.6. The van der Waals surface area contributed by atoms with Crippen LogP contribution >= 0.6 is 0 Å². The molecule has 102 valence electrons. The third-order valence-corrected chi connectivity index (χ3v) is 2.31. The lowest BCUT2D eigenvalue weighted by atomic mass is 10.2. The molecule has 1 aromatic heterocycles. The van der Waals surface area contributed by atoms with Gasteiger partial charge in [-0.15, -0.1) is 0 Å². The normalized spacial score (nSPS) is 11.6. The summed E-state index contributed by atoms with van der Waals surface area (Å²) >= 11 is 0. The molecule has 1 rings (SSSR count). The summed E-state index contributed by atoms with van der Waals surface area (Å²) in [4.78, 5) is 4.13. The minimum Gasteiger partial charge on any atom is -0.493 e. The van der Waals surface area contributed by atoms with Gasteiger partial charge in [0, 0.05) is 36.5 Å². The molecular formula is C12H17F3N2O. The fraction of sp³-hybridized carbons (Fsp3) is 0.583. The number of aryl methyl sites for hydroxylation is 1. The van der Waals surface area contributed by atoms with Crippen molar-refractivity contribution >= 4 is 0 Å². The number of rotatable bonds is 6. The Morgan fingerprint density at radius 2 is 2.11 bits per heavy atom. The highest BCUT2D eigenvalue weighted by Gasteiger charge is 2.26. The molecule has 0 aliphatic heterocycles. The first-order chi connectivity index (χ1) is 8.42. The van der Waals surface area contributed by atoms with E-state index in [0.717, 1.165) is 11.3 Å². The average Bonchev–Trinajstić information content (AvgIpc) is 2.27. The lowest BCUT2D eigenvalue weighted by molar-refractivity contribution is -0.136. The van der Waals surface area contributed by atoms with Gasteiger partial charge in [-0.2, -0.15) is 13.2 Å². The molecule has 0 spiro atoms. The molecule has 0 radical (unpaired) electrons. The smallest absolute Gasteiger partial charge is 0.389 e. The number of hydrogen-bond donors (Lipinski definition) is 1. The number of pyridine rings is 1. The van der Waals surface area contributed by atoms with Crippen LogP contribution in [0.1, 0.15) is 24.1 Å². The van der Waals surface area contributed by atoms with Gasteiger partial charge in [-0.1, -0.05) is 0 Å². The van der Waals surface area contributed by atoms with Crippen molar-refractivity contribution in [1.82, 2.24) is 10.3 Å². The van der Waals surface area contributed by atoms with Gasteiger partial charge >= 0.3 is 6.18 Å². The van der Waals surface area contributed by atoms with Crippen LogP contribution in [0.2, 0.25) is 0 Å². The van der Waals surface area contributed by atoms with Crippen molar-refractivity contribution in [3.8, 4) is 5.75 Å². The fourth-order valence-corrected chi connectivity index (χ4v) is 1.48. The highest BCUT2D eigenvalue weighted by Crippen LogP contribution is 2.23. The Morgan fingerprint density at radius 3 is 2.72 bits per heavy atom. The molecule has 0 bridgehead atoms. The lowest BCUT2D eigenvalue weighted by Gasteiger charge is -2.12. The number of nitrogens with zero attached hydrogens (tertiary/aromatic N) is 1. The van der Waals surface area contributed by atoms with Crippen molar-refractivity contribution in [1.29, 1.82) is 0 Å². The Morgan fingerprint density at radius 1 is 1.39 bits per heavy atom. The molecule has 1 aromatic rings. The molecule has 0 atom stereocenters. The highest BCUT2D eigenvalue weighted by atomic mass is 19.4. The van der Waals surface area contributed by atoms with E-state index in [4.69, 9.17) is 4.74 Å². The predicted octanol–water partition coefficient (Wildman–Crippen LogP) is 2.83. The van der Waals surface area contributed by atoms with E-state index < -0.39 is 12.6 Å². The van der Waals surface area contributed by atoms with Gasteiger partial charge in [-0.05, 0) is 20.4 Å². The maximum Gasteiger partial charge on any atom is 0.389 e. The lowest BCUT2D eigenvalue weighted by Crippen LogP contribution is -2.12. The van der Waals surface area contributed by atoms with Crippen molar-refractivity contribution in [2.24, 2.45) is 0 Å². The number of halogens is 3. The van der Waals surface area contributed by atoms with Crippen LogP contribution in [0.3, 0.4) is 0 Å². The SMILES string of the molecule is CNCc1cnc(C)cc1OCCCC(F)(F)F. The van der Waals surface area contributed by atoms with Crippen LogP contribution in [0.5, 0.6) is 5.75 Å². The van der Waals surface area contributed by atoms with Crippen molar-refractivity contribution in [3.63, 3.8) is 0 Å². The van der Waals surface area contributed by atoms with Crippen LogP contribution < -0.4 is 10.1 Å². The van der Waals surface area contributed by atoms with Crippen molar-refractivity contribution in [2.45, 2.75) is 32.5 Å². The molecule has 0 saturated carbocycles. The van der Waals surface area contributed by atoms with Crippen molar-refractivity contribution in [2.75, 3.05) is 13.7 Å². The summed E-state index contributed by atoms with van der Waals surface area (Å²) in [5.74, 6) is 0.596. The molecule has 1 heterocycles. The zero-order valence-electron chi connectivity index (χ0n) is 10.5. The van der Waals surface area contributed by atoms with Gasteiger partial charge in [0.15, 0.2) is 0 Å².